The van der Waals surface area contributed by atoms with E-state index in [1.807, 2.05) is 49.1 Å². The van der Waals surface area contributed by atoms with E-state index in [-0.39, 0.29) is 24.2 Å². The summed E-state index contributed by atoms with van der Waals surface area (Å²) in [5.41, 5.74) is 2.37. The molecule has 4 aromatic rings. The summed E-state index contributed by atoms with van der Waals surface area (Å²) in [7, 11) is 2.16. The molecule has 0 spiro atoms. The molecule has 2 aliphatic heterocycles. The molecule has 3 heterocycles. The lowest BCUT2D eigenvalue weighted by molar-refractivity contribution is -0.135. The van der Waals surface area contributed by atoms with Crippen molar-refractivity contribution >= 4 is 28.4 Å². The smallest absolute Gasteiger partial charge is 0.266 e. The molecule has 3 aromatic carbocycles. The lowest BCUT2D eigenvalue weighted by Gasteiger charge is -2.35. The number of para-hydroxylation sites is 1. The number of fused-ring (bicyclic) bond motifs is 1. The summed E-state index contributed by atoms with van der Waals surface area (Å²) in [5.74, 6) is 1.84. The van der Waals surface area contributed by atoms with Crippen molar-refractivity contribution < 1.29 is 14.3 Å². The normalized spacial score (nSPS) is 16.6. The van der Waals surface area contributed by atoms with Crippen LogP contribution in [-0.2, 0) is 17.9 Å². The molecule has 0 atom stereocenters. The minimum Gasteiger partial charge on any atom is -0.489 e. The summed E-state index contributed by atoms with van der Waals surface area (Å²) in [6, 6.07) is 20.7. The Bertz CT molecular complexity index is 1750. The quantitative estimate of drug-likeness (QED) is 0.250. The highest BCUT2D eigenvalue weighted by atomic mass is 35.5. The van der Waals surface area contributed by atoms with Gasteiger partial charge in [0.15, 0.2) is 6.61 Å². The molecule has 10 nitrogen and oxygen atoms in total. The molecule has 0 radical (unpaired) electrons. The minimum absolute atomic E-state index is 0.0312. The van der Waals surface area contributed by atoms with E-state index in [4.69, 9.17) is 26.1 Å². The zero-order valence-electron chi connectivity index (χ0n) is 27.4. The van der Waals surface area contributed by atoms with E-state index in [9.17, 15) is 9.59 Å². The van der Waals surface area contributed by atoms with E-state index >= 15 is 0 Å². The van der Waals surface area contributed by atoms with Crippen molar-refractivity contribution in [2.75, 3.05) is 66.0 Å². The third kappa shape index (κ3) is 8.13. The molecule has 11 heteroatoms. The van der Waals surface area contributed by atoms with Gasteiger partial charge in [0.1, 0.15) is 17.3 Å². The number of aromatic nitrogens is 2. The molecule has 6 rings (SSSR count). The number of nitrogens with zero attached hydrogens (tertiary/aromatic N) is 6. The van der Waals surface area contributed by atoms with Crippen molar-refractivity contribution in [1.29, 1.82) is 0 Å². The largest absolute Gasteiger partial charge is 0.489 e. The number of ether oxygens (including phenoxy) is 2. The Morgan fingerprint density at radius 2 is 1.55 bits per heavy atom. The summed E-state index contributed by atoms with van der Waals surface area (Å²) >= 11 is 5.96. The van der Waals surface area contributed by atoms with Crippen LogP contribution in [0.3, 0.4) is 0 Å². The van der Waals surface area contributed by atoms with Crippen molar-refractivity contribution in [2.45, 2.75) is 33.0 Å². The fourth-order valence-corrected chi connectivity index (χ4v) is 6.24. The maximum Gasteiger partial charge on any atom is 0.266 e. The molecule has 0 aliphatic carbocycles. The number of amides is 1. The lowest BCUT2D eigenvalue weighted by Crippen LogP contribution is -2.50. The lowest BCUT2D eigenvalue weighted by atomic mass is 10.1. The molecule has 0 unspecified atom stereocenters. The van der Waals surface area contributed by atoms with Crippen LogP contribution in [0.4, 0.5) is 0 Å². The number of hydrogen-bond acceptors (Lipinski definition) is 8. The first kappa shape index (κ1) is 33.0. The topological polar surface area (TPSA) is 83.4 Å². The summed E-state index contributed by atoms with van der Waals surface area (Å²) in [6.45, 7) is 11.7. The maximum absolute atomic E-state index is 14.3. The van der Waals surface area contributed by atoms with Gasteiger partial charge in [0.2, 0.25) is 0 Å². The monoisotopic (exact) mass is 658 g/mol. The van der Waals surface area contributed by atoms with E-state index in [0.717, 1.165) is 38.3 Å². The highest BCUT2D eigenvalue weighted by Crippen LogP contribution is 2.28. The predicted molar refractivity (Wildman–Crippen MR) is 185 cm³/mol. The first-order valence-electron chi connectivity index (χ1n) is 16.3. The van der Waals surface area contributed by atoms with Gasteiger partial charge in [-0.3, -0.25) is 24.0 Å². The van der Waals surface area contributed by atoms with Gasteiger partial charge in [-0.05, 0) is 75.0 Å². The number of halogens is 1. The fourth-order valence-electron chi connectivity index (χ4n) is 6.11. The van der Waals surface area contributed by atoms with E-state index in [1.165, 1.54) is 0 Å². The van der Waals surface area contributed by atoms with Crippen LogP contribution in [0.5, 0.6) is 11.5 Å². The molecule has 2 saturated heterocycles. The molecule has 1 amide bonds. The van der Waals surface area contributed by atoms with Crippen molar-refractivity contribution in [3.05, 3.63) is 93.5 Å². The van der Waals surface area contributed by atoms with Gasteiger partial charge in [-0.1, -0.05) is 29.8 Å². The van der Waals surface area contributed by atoms with Crippen molar-refractivity contribution in [3.8, 4) is 17.2 Å². The number of hydrogen-bond donors (Lipinski definition) is 0. The van der Waals surface area contributed by atoms with Crippen molar-refractivity contribution in [1.82, 2.24) is 29.2 Å². The fraction of sp³-hybridized carbons (Fsp3) is 0.417. The molecule has 0 N–H and O–H groups in total. The molecule has 0 saturated carbocycles. The van der Waals surface area contributed by atoms with Crippen molar-refractivity contribution in [2.24, 2.45) is 0 Å². The van der Waals surface area contributed by atoms with Gasteiger partial charge in [0.25, 0.3) is 11.5 Å². The highest BCUT2D eigenvalue weighted by Gasteiger charge is 2.25. The molecule has 2 aliphatic rings. The molecule has 1 aromatic heterocycles. The number of carbonyl (C=O) groups is 1. The summed E-state index contributed by atoms with van der Waals surface area (Å²) in [5, 5.41) is 1.18. The van der Waals surface area contributed by atoms with Gasteiger partial charge in [0, 0.05) is 63.9 Å². The standard InChI is InChI=1S/C36H43ClN6O4/c1-26(2)47-33-13-8-27(23-40-16-14-39(3)15-17-40)22-32(33)43-34(38-31-7-5-4-6-30(31)36(43)45)24-41-18-20-42(21-19-41)35(44)25-46-29-11-9-28(37)10-12-29/h4-13,22,26H,14-21,23-25H2,1-3H3. The maximum atomic E-state index is 14.3. The predicted octanol–water partition coefficient (Wildman–Crippen LogP) is 4.30. The Labute approximate surface area is 281 Å². The van der Waals surface area contributed by atoms with Gasteiger partial charge in [-0.2, -0.15) is 0 Å². The van der Waals surface area contributed by atoms with Crippen LogP contribution >= 0.6 is 11.6 Å². The number of piperazine rings is 2. The summed E-state index contributed by atoms with van der Waals surface area (Å²) in [4.78, 5) is 41.1. The summed E-state index contributed by atoms with van der Waals surface area (Å²) in [6.07, 6.45) is -0.0703. The van der Waals surface area contributed by atoms with Gasteiger partial charge < -0.3 is 19.3 Å². The number of rotatable bonds is 10. The van der Waals surface area contributed by atoms with Gasteiger partial charge in [0.05, 0.1) is 29.2 Å². The molecule has 0 bridgehead atoms. The molecule has 2 fully saturated rings. The molecule has 47 heavy (non-hydrogen) atoms. The van der Waals surface area contributed by atoms with E-state index < -0.39 is 0 Å². The first-order chi connectivity index (χ1) is 22.7. The number of likely N-dealkylation sites (N-methyl/N-ethyl adjacent to an activating group) is 1. The highest BCUT2D eigenvalue weighted by molar-refractivity contribution is 6.30. The number of carbonyl (C=O) groups excluding carboxylic acids is 1. The van der Waals surface area contributed by atoms with E-state index in [1.54, 1.807) is 28.8 Å². The average Bonchev–Trinajstić information content (AvgIpc) is 3.06. The van der Waals surface area contributed by atoms with Crippen LogP contribution in [0.2, 0.25) is 5.02 Å². The zero-order valence-corrected chi connectivity index (χ0v) is 28.2. The SMILES string of the molecule is CC(C)Oc1ccc(CN2CCN(C)CC2)cc1-n1c(CN2CCN(C(=O)COc3ccc(Cl)cc3)CC2)nc2ccccc2c1=O. The van der Waals surface area contributed by atoms with Gasteiger partial charge >= 0.3 is 0 Å². The van der Waals surface area contributed by atoms with E-state index in [0.29, 0.717) is 71.7 Å². The van der Waals surface area contributed by atoms with E-state index in [2.05, 4.69) is 33.9 Å². The Kier molecular flexibility index (Phi) is 10.4. The van der Waals surface area contributed by atoms with Crippen LogP contribution in [-0.4, -0.2) is 107 Å². The zero-order chi connectivity index (χ0) is 32.9. The Hall–Kier alpha value is -3.96. The van der Waals surface area contributed by atoms with Gasteiger partial charge in [-0.25, -0.2) is 4.98 Å². The van der Waals surface area contributed by atoms with Crippen LogP contribution < -0.4 is 15.0 Å². The second-order valence-electron chi connectivity index (χ2n) is 12.6. The van der Waals surface area contributed by atoms with Crippen molar-refractivity contribution in [3.63, 3.8) is 0 Å². The summed E-state index contributed by atoms with van der Waals surface area (Å²) < 4.78 is 13.7. The van der Waals surface area contributed by atoms with Crippen LogP contribution in [0.15, 0.2) is 71.5 Å². The Morgan fingerprint density at radius 1 is 0.872 bits per heavy atom. The first-order valence-corrected chi connectivity index (χ1v) is 16.7. The van der Waals surface area contributed by atoms with Gasteiger partial charge in [-0.15, -0.1) is 0 Å². The average molecular weight is 659 g/mol. The van der Waals surface area contributed by atoms with Crippen LogP contribution in [0.1, 0.15) is 25.2 Å². The third-order valence-corrected chi connectivity index (χ3v) is 8.99. The minimum atomic E-state index is -0.121. The van der Waals surface area contributed by atoms with Crippen LogP contribution in [0, 0.1) is 0 Å². The second kappa shape index (κ2) is 14.9. The number of benzene rings is 3. The van der Waals surface area contributed by atoms with Crippen LogP contribution in [0.25, 0.3) is 16.6 Å². The molecular weight excluding hydrogens is 616 g/mol. The second-order valence-corrected chi connectivity index (χ2v) is 13.1. The Balaban J connectivity index is 1.24. The molecule has 248 valence electrons. The third-order valence-electron chi connectivity index (χ3n) is 8.74. The molecular formula is C36H43ClN6O4. The Morgan fingerprint density at radius 3 is 2.28 bits per heavy atom.